The van der Waals surface area contributed by atoms with Crippen LogP contribution in [0, 0.1) is 11.6 Å². The third-order valence-corrected chi connectivity index (χ3v) is 8.70. The third-order valence-electron chi connectivity index (χ3n) is 6.80. The van der Waals surface area contributed by atoms with Crippen LogP contribution in [-0.4, -0.2) is 54.9 Å². The number of fused-ring (bicyclic) bond motifs is 1. The molecule has 0 saturated heterocycles. The van der Waals surface area contributed by atoms with Crippen LogP contribution in [0.2, 0.25) is 0 Å². The van der Waals surface area contributed by atoms with Gasteiger partial charge < -0.3 is 15.7 Å². The van der Waals surface area contributed by atoms with Gasteiger partial charge in [0.05, 0.1) is 17.7 Å². The normalized spacial score (nSPS) is 15.5. The lowest BCUT2D eigenvalue weighted by Gasteiger charge is -2.25. The number of aryl methyl sites for hydroxylation is 1. The van der Waals surface area contributed by atoms with Gasteiger partial charge in [0.25, 0.3) is 21.8 Å². The van der Waals surface area contributed by atoms with E-state index in [9.17, 15) is 31.9 Å². The van der Waals surface area contributed by atoms with E-state index in [0.29, 0.717) is 6.54 Å². The Morgan fingerprint density at radius 2 is 1.68 bits per heavy atom. The first-order chi connectivity index (χ1) is 19.0. The van der Waals surface area contributed by atoms with E-state index in [0.717, 1.165) is 40.6 Å². The number of hydrogen-bond donors (Lipinski definition) is 3. The maximum absolute atomic E-state index is 13.9. The number of carbonyl (C=O) groups is 2. The van der Waals surface area contributed by atoms with Crippen molar-refractivity contribution in [2.75, 3.05) is 13.1 Å². The number of rotatable bonds is 11. The van der Waals surface area contributed by atoms with Crippen LogP contribution < -0.4 is 10.6 Å². The van der Waals surface area contributed by atoms with E-state index in [2.05, 4.69) is 10.6 Å². The van der Waals surface area contributed by atoms with Crippen LogP contribution in [0.25, 0.3) is 0 Å². The zero-order valence-electron chi connectivity index (χ0n) is 22.2. The summed E-state index contributed by atoms with van der Waals surface area (Å²) in [6.45, 7) is 4.03. The van der Waals surface area contributed by atoms with Gasteiger partial charge in [-0.15, -0.1) is 0 Å². The molecular weight excluding hydrogens is 540 g/mol. The van der Waals surface area contributed by atoms with Gasteiger partial charge in [0, 0.05) is 31.3 Å². The average molecular weight is 572 g/mol. The molecule has 40 heavy (non-hydrogen) atoms. The van der Waals surface area contributed by atoms with Crippen LogP contribution >= 0.6 is 0 Å². The predicted molar refractivity (Wildman–Crippen MR) is 145 cm³/mol. The molecule has 0 aromatic heterocycles. The molecule has 1 aliphatic rings. The van der Waals surface area contributed by atoms with Crippen LogP contribution in [0.15, 0.2) is 65.6 Å². The van der Waals surface area contributed by atoms with Crippen LogP contribution in [0.1, 0.15) is 51.3 Å². The molecule has 0 aliphatic carbocycles. The molecule has 0 spiro atoms. The maximum Gasteiger partial charge on any atom is 0.268 e. The number of aliphatic hydroxyl groups is 1. The number of sulfonamides is 1. The molecule has 8 nitrogen and oxygen atoms in total. The molecule has 0 unspecified atom stereocenters. The Balaban J connectivity index is 1.53. The first-order valence-electron chi connectivity index (χ1n) is 13.0. The molecule has 2 atom stereocenters. The smallest absolute Gasteiger partial charge is 0.268 e. The Morgan fingerprint density at radius 3 is 2.35 bits per heavy atom. The lowest BCUT2D eigenvalue weighted by atomic mass is 9.99. The van der Waals surface area contributed by atoms with Gasteiger partial charge in [-0.1, -0.05) is 31.2 Å². The molecule has 3 aromatic carbocycles. The molecule has 4 rings (SSSR count). The fourth-order valence-electron chi connectivity index (χ4n) is 4.71. The SMILES string of the molecule is CCc1cccc(CNC[C@@H](O)[C@H](Cc2cc(F)cc(F)c2)NC(=O)c2ccc3c(c2)S(=O)(=O)N(CC)C3=O)c1. The quantitative estimate of drug-likeness (QED) is 0.326. The molecule has 0 bridgehead atoms. The first-order valence-corrected chi connectivity index (χ1v) is 14.4. The minimum absolute atomic E-state index is 0.0263. The Morgan fingerprint density at radius 1 is 0.975 bits per heavy atom. The lowest BCUT2D eigenvalue weighted by Crippen LogP contribution is -2.48. The van der Waals surface area contributed by atoms with Crippen molar-refractivity contribution >= 4 is 21.8 Å². The molecule has 2 amide bonds. The molecular formula is C29H31F2N3O5S. The molecule has 3 aromatic rings. The van der Waals surface area contributed by atoms with Gasteiger partial charge in [0.1, 0.15) is 16.5 Å². The Labute approximate surface area is 232 Å². The minimum atomic E-state index is -4.09. The first kappa shape index (κ1) is 29.3. The summed E-state index contributed by atoms with van der Waals surface area (Å²) in [4.78, 5) is 25.4. The molecule has 212 valence electrons. The van der Waals surface area contributed by atoms with Crippen molar-refractivity contribution in [2.24, 2.45) is 0 Å². The summed E-state index contributed by atoms with van der Waals surface area (Å²) in [6, 6.07) is 13.6. The van der Waals surface area contributed by atoms with Gasteiger partial charge in [0.15, 0.2) is 0 Å². The average Bonchev–Trinajstić information content (AvgIpc) is 3.11. The van der Waals surface area contributed by atoms with Crippen LogP contribution in [0.5, 0.6) is 0 Å². The van der Waals surface area contributed by atoms with Gasteiger partial charge in [0.2, 0.25) is 0 Å². The molecule has 1 heterocycles. The topological polar surface area (TPSA) is 116 Å². The molecule has 1 aliphatic heterocycles. The highest BCUT2D eigenvalue weighted by atomic mass is 32.2. The third kappa shape index (κ3) is 6.38. The fourth-order valence-corrected chi connectivity index (χ4v) is 6.32. The van der Waals surface area contributed by atoms with Crippen molar-refractivity contribution < 1.29 is 31.9 Å². The van der Waals surface area contributed by atoms with E-state index < -0.39 is 45.6 Å². The number of aliphatic hydroxyl groups excluding tert-OH is 1. The molecule has 11 heteroatoms. The highest BCUT2D eigenvalue weighted by Crippen LogP contribution is 2.30. The summed E-state index contributed by atoms with van der Waals surface area (Å²) in [5.41, 5.74) is 2.33. The molecule has 0 saturated carbocycles. The van der Waals surface area contributed by atoms with E-state index in [-0.39, 0.29) is 41.1 Å². The number of nitrogens with one attached hydrogen (secondary N) is 2. The number of hydrogen-bond acceptors (Lipinski definition) is 6. The van der Waals surface area contributed by atoms with Crippen LogP contribution in [0.4, 0.5) is 8.78 Å². The van der Waals surface area contributed by atoms with Crippen molar-refractivity contribution in [3.63, 3.8) is 0 Å². The Bertz CT molecular complexity index is 1510. The van der Waals surface area contributed by atoms with Gasteiger partial charge >= 0.3 is 0 Å². The van der Waals surface area contributed by atoms with Crippen molar-refractivity contribution in [1.82, 2.24) is 14.9 Å². The zero-order chi connectivity index (χ0) is 29.0. The van der Waals surface area contributed by atoms with E-state index in [4.69, 9.17) is 0 Å². The summed E-state index contributed by atoms with van der Waals surface area (Å²) in [5.74, 6) is -2.96. The summed E-state index contributed by atoms with van der Waals surface area (Å²) in [5, 5.41) is 16.8. The van der Waals surface area contributed by atoms with Crippen molar-refractivity contribution in [3.05, 3.63) is 100 Å². The second-order valence-electron chi connectivity index (χ2n) is 9.62. The summed E-state index contributed by atoms with van der Waals surface area (Å²) >= 11 is 0. The number of carbonyl (C=O) groups excluding carboxylic acids is 2. The number of benzene rings is 3. The van der Waals surface area contributed by atoms with Gasteiger partial charge in [-0.3, -0.25) is 9.59 Å². The fraction of sp³-hybridized carbons (Fsp3) is 0.310. The highest BCUT2D eigenvalue weighted by molar-refractivity contribution is 7.90. The van der Waals surface area contributed by atoms with Crippen molar-refractivity contribution in [1.29, 1.82) is 0 Å². The van der Waals surface area contributed by atoms with Crippen LogP contribution in [0.3, 0.4) is 0 Å². The largest absolute Gasteiger partial charge is 0.390 e. The van der Waals surface area contributed by atoms with E-state index in [1.807, 2.05) is 31.2 Å². The zero-order valence-corrected chi connectivity index (χ0v) is 23.0. The molecule has 3 N–H and O–H groups in total. The second kappa shape index (κ2) is 12.2. The summed E-state index contributed by atoms with van der Waals surface area (Å²) < 4.78 is 54.0. The van der Waals surface area contributed by atoms with Gasteiger partial charge in [-0.2, -0.15) is 0 Å². The molecule has 0 radical (unpaired) electrons. The number of halogens is 2. The standard InChI is InChI=1S/C29H31F2N3O5S/c1-3-18-6-5-7-19(10-18)16-32-17-26(35)25(13-20-11-22(30)15-23(31)12-20)33-28(36)21-8-9-24-27(14-21)40(38,39)34(4-2)29(24)37/h5-12,14-15,25-26,32,35H,3-4,13,16-17H2,1-2H3,(H,33,36)/t25-,26+/m0/s1. The summed E-state index contributed by atoms with van der Waals surface area (Å²) in [7, 11) is -4.09. The Hall–Kier alpha value is -3.67. The van der Waals surface area contributed by atoms with Gasteiger partial charge in [-0.05, 0) is 66.8 Å². The highest BCUT2D eigenvalue weighted by Gasteiger charge is 2.40. The van der Waals surface area contributed by atoms with E-state index in [1.54, 1.807) is 0 Å². The monoisotopic (exact) mass is 571 g/mol. The maximum atomic E-state index is 13.9. The number of nitrogens with zero attached hydrogens (tertiary/aromatic N) is 1. The van der Waals surface area contributed by atoms with Crippen molar-refractivity contribution in [2.45, 2.75) is 50.3 Å². The minimum Gasteiger partial charge on any atom is -0.390 e. The second-order valence-corrected chi connectivity index (χ2v) is 11.5. The van der Waals surface area contributed by atoms with Crippen LogP contribution in [-0.2, 0) is 29.4 Å². The molecule has 0 fully saturated rings. The van der Waals surface area contributed by atoms with Crippen molar-refractivity contribution in [3.8, 4) is 0 Å². The number of amides is 2. The van der Waals surface area contributed by atoms with E-state index in [1.165, 1.54) is 24.6 Å². The summed E-state index contributed by atoms with van der Waals surface area (Å²) in [6.07, 6.45) is -0.386. The van der Waals surface area contributed by atoms with Gasteiger partial charge in [-0.25, -0.2) is 21.5 Å². The Kier molecular flexibility index (Phi) is 8.97. The lowest BCUT2D eigenvalue weighted by molar-refractivity contribution is 0.0828. The predicted octanol–water partition coefficient (Wildman–Crippen LogP) is 3.18. The van der Waals surface area contributed by atoms with E-state index >= 15 is 0 Å².